The summed E-state index contributed by atoms with van der Waals surface area (Å²) in [6.45, 7) is 1.81. The monoisotopic (exact) mass is 481 g/mol. The number of carbonyl (C=O) groups is 2. The summed E-state index contributed by atoms with van der Waals surface area (Å²) >= 11 is 5.97. The van der Waals surface area contributed by atoms with Gasteiger partial charge in [0, 0.05) is 34.2 Å². The van der Waals surface area contributed by atoms with E-state index in [0.717, 1.165) is 12.0 Å². The molecule has 0 fully saturated rings. The molecule has 3 aromatic rings. The number of rotatable bonds is 6. The van der Waals surface area contributed by atoms with Gasteiger partial charge >= 0.3 is 0 Å². The minimum Gasteiger partial charge on any atom is -0.497 e. The summed E-state index contributed by atoms with van der Waals surface area (Å²) in [5.41, 5.74) is 5.57. The van der Waals surface area contributed by atoms with E-state index in [1.54, 1.807) is 49.6 Å². The van der Waals surface area contributed by atoms with Crippen molar-refractivity contribution in [3.63, 3.8) is 0 Å². The molecule has 0 spiro atoms. The van der Waals surface area contributed by atoms with Crippen molar-refractivity contribution < 1.29 is 23.5 Å². The Morgan fingerprint density at radius 3 is 2.62 bits per heavy atom. The second-order valence-electron chi connectivity index (χ2n) is 7.74. The van der Waals surface area contributed by atoms with Gasteiger partial charge in [0.1, 0.15) is 17.3 Å². The normalized spacial score (nSPS) is 13.8. The zero-order valence-corrected chi connectivity index (χ0v) is 19.8. The van der Waals surface area contributed by atoms with E-state index in [-0.39, 0.29) is 11.7 Å². The van der Waals surface area contributed by atoms with E-state index in [1.807, 2.05) is 6.92 Å². The summed E-state index contributed by atoms with van der Waals surface area (Å²) in [7, 11) is 3.07. The molecule has 4 rings (SSSR count). The van der Waals surface area contributed by atoms with Crippen LogP contribution in [0.4, 0.5) is 5.69 Å². The number of carbonyl (C=O) groups excluding carboxylic acids is 2. The lowest BCUT2D eigenvalue weighted by Crippen LogP contribution is -2.22. The lowest BCUT2D eigenvalue weighted by atomic mass is 9.93. The molecule has 1 aliphatic carbocycles. The number of fused-ring (bicyclic) bond motifs is 1. The summed E-state index contributed by atoms with van der Waals surface area (Å²) in [5.74, 6) is 1.17. The Morgan fingerprint density at radius 2 is 1.88 bits per heavy atom. The van der Waals surface area contributed by atoms with Gasteiger partial charge in [0.15, 0.2) is 5.76 Å². The minimum atomic E-state index is -0.405. The number of amides is 2. The van der Waals surface area contributed by atoms with Crippen molar-refractivity contribution in [3.05, 3.63) is 75.7 Å². The smallest absolute Gasteiger partial charge is 0.291 e. The number of hydrogen-bond donors (Lipinski definition) is 2. The van der Waals surface area contributed by atoms with Gasteiger partial charge < -0.3 is 19.2 Å². The van der Waals surface area contributed by atoms with Crippen LogP contribution in [0.3, 0.4) is 0 Å². The first-order valence-corrected chi connectivity index (χ1v) is 11.1. The number of nitrogens with one attached hydrogen (secondary N) is 2. The lowest BCUT2D eigenvalue weighted by molar-refractivity contribution is 0.0953. The second kappa shape index (κ2) is 10.0. The molecular weight excluding hydrogens is 458 g/mol. The van der Waals surface area contributed by atoms with Crippen LogP contribution in [-0.2, 0) is 6.42 Å². The molecule has 0 saturated carbocycles. The molecule has 1 aromatic heterocycles. The Hall–Kier alpha value is -3.78. The first-order chi connectivity index (χ1) is 16.4. The summed E-state index contributed by atoms with van der Waals surface area (Å²) in [4.78, 5) is 25.5. The number of methoxy groups -OCH3 is 2. The Labute approximate surface area is 201 Å². The third-order valence-corrected chi connectivity index (χ3v) is 5.80. The van der Waals surface area contributed by atoms with Crippen LogP contribution in [0.25, 0.3) is 0 Å². The number of ether oxygens (including phenoxy) is 2. The number of hydrazone groups is 1. The van der Waals surface area contributed by atoms with Crippen LogP contribution >= 0.6 is 11.6 Å². The van der Waals surface area contributed by atoms with Crippen molar-refractivity contribution in [1.82, 2.24) is 5.43 Å². The molecule has 1 aliphatic rings. The molecule has 176 valence electrons. The predicted octanol–water partition coefficient (Wildman–Crippen LogP) is 4.98. The molecule has 2 N–H and O–H groups in total. The van der Waals surface area contributed by atoms with Gasteiger partial charge in [-0.2, -0.15) is 5.10 Å². The molecule has 0 atom stereocenters. The third-order valence-electron chi connectivity index (χ3n) is 5.57. The molecule has 1 heterocycles. The third kappa shape index (κ3) is 4.77. The van der Waals surface area contributed by atoms with Crippen molar-refractivity contribution in [1.29, 1.82) is 0 Å². The molecule has 0 aliphatic heterocycles. The van der Waals surface area contributed by atoms with E-state index in [4.69, 9.17) is 25.5 Å². The van der Waals surface area contributed by atoms with E-state index < -0.39 is 5.91 Å². The molecule has 0 radical (unpaired) electrons. The van der Waals surface area contributed by atoms with Crippen LogP contribution in [0.2, 0.25) is 5.02 Å². The fourth-order valence-corrected chi connectivity index (χ4v) is 4.08. The van der Waals surface area contributed by atoms with Gasteiger partial charge in [-0.05, 0) is 50.1 Å². The van der Waals surface area contributed by atoms with Gasteiger partial charge in [-0.1, -0.05) is 17.7 Å². The molecule has 8 nitrogen and oxygen atoms in total. The molecule has 0 saturated heterocycles. The highest BCUT2D eigenvalue weighted by molar-refractivity contribution is 6.31. The zero-order chi connectivity index (χ0) is 24.2. The lowest BCUT2D eigenvalue weighted by Gasteiger charge is -2.13. The average molecular weight is 482 g/mol. The predicted molar refractivity (Wildman–Crippen MR) is 129 cm³/mol. The number of aryl methyl sites for hydroxylation is 1. The van der Waals surface area contributed by atoms with Crippen molar-refractivity contribution >= 4 is 34.8 Å². The maximum absolute atomic E-state index is 13.1. The van der Waals surface area contributed by atoms with Gasteiger partial charge in [0.25, 0.3) is 11.8 Å². The maximum Gasteiger partial charge on any atom is 0.291 e. The number of benzene rings is 2. The van der Waals surface area contributed by atoms with Crippen LogP contribution in [0.1, 0.15) is 50.6 Å². The number of hydrogen-bond acceptors (Lipinski definition) is 6. The number of nitrogens with zero attached hydrogens (tertiary/aromatic N) is 1. The highest BCUT2D eigenvalue weighted by Gasteiger charge is 2.28. The van der Waals surface area contributed by atoms with Gasteiger partial charge in [-0.3, -0.25) is 9.59 Å². The van der Waals surface area contributed by atoms with Crippen molar-refractivity contribution in [2.75, 3.05) is 19.5 Å². The molecule has 0 bridgehead atoms. The first-order valence-electron chi connectivity index (χ1n) is 10.7. The fourth-order valence-electron chi connectivity index (χ4n) is 3.89. The Kier molecular flexibility index (Phi) is 6.88. The summed E-state index contributed by atoms with van der Waals surface area (Å²) in [5, 5.41) is 7.65. The number of furan rings is 1. The summed E-state index contributed by atoms with van der Waals surface area (Å²) < 4.78 is 16.5. The second-order valence-corrected chi connectivity index (χ2v) is 8.17. The highest BCUT2D eigenvalue weighted by atomic mass is 35.5. The zero-order valence-electron chi connectivity index (χ0n) is 19.0. The standard InChI is InChI=1S/C25H24ClN3O5/c1-14-22-19(28-29-24(30)15-6-4-7-16(26)12-15)8-5-9-20(22)34-23(14)25(31)27-18-11-10-17(32-2)13-21(18)33-3/h4,6-7,10-13H,5,8-9H2,1-3H3,(H,27,31)(H,29,30)/b28-19+. The molecule has 2 amide bonds. The first kappa shape index (κ1) is 23.4. The number of anilines is 1. The van der Waals surface area contributed by atoms with Gasteiger partial charge in [-0.25, -0.2) is 5.43 Å². The molecular formula is C25H24ClN3O5. The SMILES string of the molecule is COc1ccc(NC(=O)c2oc3c(c2C)/C(=N/NC(=O)c2cccc(Cl)c2)CCC3)c(OC)c1. The maximum atomic E-state index is 13.1. The Morgan fingerprint density at radius 1 is 1.06 bits per heavy atom. The topological polar surface area (TPSA) is 102 Å². The van der Waals surface area contributed by atoms with Crippen LogP contribution in [0, 0.1) is 6.92 Å². The van der Waals surface area contributed by atoms with Crippen molar-refractivity contribution in [3.8, 4) is 11.5 Å². The van der Waals surface area contributed by atoms with Crippen LogP contribution in [0.5, 0.6) is 11.5 Å². The van der Waals surface area contributed by atoms with Crippen LogP contribution in [0.15, 0.2) is 52.0 Å². The Bertz CT molecular complexity index is 1280. The van der Waals surface area contributed by atoms with Crippen molar-refractivity contribution in [2.45, 2.75) is 26.2 Å². The van der Waals surface area contributed by atoms with Gasteiger partial charge in [0.2, 0.25) is 0 Å². The average Bonchev–Trinajstić information content (AvgIpc) is 3.19. The van der Waals surface area contributed by atoms with E-state index in [9.17, 15) is 9.59 Å². The van der Waals surface area contributed by atoms with Gasteiger partial charge in [-0.15, -0.1) is 0 Å². The molecule has 2 aromatic carbocycles. The summed E-state index contributed by atoms with van der Waals surface area (Å²) in [6, 6.07) is 11.7. The van der Waals surface area contributed by atoms with Crippen molar-refractivity contribution in [2.24, 2.45) is 5.10 Å². The molecule has 9 heteroatoms. The van der Waals surface area contributed by atoms with E-state index in [2.05, 4.69) is 15.8 Å². The largest absolute Gasteiger partial charge is 0.497 e. The fraction of sp³-hybridized carbons (Fsp3) is 0.240. The molecule has 34 heavy (non-hydrogen) atoms. The minimum absolute atomic E-state index is 0.193. The molecule has 0 unspecified atom stereocenters. The van der Waals surface area contributed by atoms with E-state index in [0.29, 0.717) is 57.6 Å². The van der Waals surface area contributed by atoms with E-state index >= 15 is 0 Å². The van der Waals surface area contributed by atoms with Crippen LogP contribution < -0.4 is 20.2 Å². The number of halogens is 1. The Balaban J connectivity index is 1.57. The quantitative estimate of drug-likeness (QED) is 0.483. The summed E-state index contributed by atoms with van der Waals surface area (Å²) in [6.07, 6.45) is 2.12. The van der Waals surface area contributed by atoms with Crippen LogP contribution in [-0.4, -0.2) is 31.7 Å². The van der Waals surface area contributed by atoms with Gasteiger partial charge in [0.05, 0.1) is 25.6 Å². The van der Waals surface area contributed by atoms with E-state index in [1.165, 1.54) is 7.11 Å². The highest BCUT2D eigenvalue weighted by Crippen LogP contribution is 2.32.